The van der Waals surface area contributed by atoms with E-state index in [1.807, 2.05) is 36.4 Å². The minimum atomic E-state index is 0.651. The first-order chi connectivity index (χ1) is 31.3. The molecule has 0 radical (unpaired) electrons. The molecule has 0 amide bonds. The topological polar surface area (TPSA) is 48.8 Å². The van der Waals surface area contributed by atoms with Gasteiger partial charge in [0.25, 0.3) is 0 Å². The van der Waals surface area contributed by atoms with E-state index in [9.17, 15) is 0 Å². The van der Waals surface area contributed by atoms with Gasteiger partial charge >= 0.3 is 0 Å². The van der Waals surface area contributed by atoms with Gasteiger partial charge in [0, 0.05) is 54.9 Å². The van der Waals surface area contributed by atoms with Crippen molar-refractivity contribution in [1.82, 2.24) is 19.1 Å². The van der Waals surface area contributed by atoms with Gasteiger partial charge in [-0.2, -0.15) is 0 Å². The highest BCUT2D eigenvalue weighted by Gasteiger charge is 2.25. The third-order valence-electron chi connectivity index (χ3n) is 12.5. The Morgan fingerprint density at radius 1 is 0.349 bits per heavy atom. The number of para-hydroxylation sites is 4. The van der Waals surface area contributed by atoms with Crippen LogP contribution in [0.1, 0.15) is 0 Å². The van der Waals surface area contributed by atoms with Crippen molar-refractivity contribution in [3.8, 4) is 56.3 Å². The Kier molecular flexibility index (Phi) is 7.84. The molecule has 0 fully saturated rings. The van der Waals surface area contributed by atoms with Crippen LogP contribution in [0.5, 0.6) is 0 Å². The minimum absolute atomic E-state index is 0.651. The van der Waals surface area contributed by atoms with Gasteiger partial charge in [-0.25, -0.2) is 9.97 Å². The summed E-state index contributed by atoms with van der Waals surface area (Å²) in [5, 5.41) is 5.82. The summed E-state index contributed by atoms with van der Waals surface area (Å²) in [5.74, 6) is 0.651. The summed E-state index contributed by atoms with van der Waals surface area (Å²) >= 11 is 0. The monoisotopic (exact) mass is 804 g/mol. The molecule has 0 atom stereocenters. The van der Waals surface area contributed by atoms with Gasteiger partial charge in [0.2, 0.25) is 0 Å². The Morgan fingerprint density at radius 2 is 0.825 bits per heavy atom. The standard InChI is InChI=1S/C58H36N4O/c1-4-18-37(19-5-1)46-34-40(54-57-55(45-27-13-17-31-53(45)63-57)60-58(59-54)39-22-8-3-9-23-39)35-47(38-20-6-2-7-21-38)56(46)62-51-30-16-12-26-44(51)48-36-41(32-33-52(48)62)61-49-28-14-10-24-42(49)43-25-11-15-29-50(43)61/h1-36H. The Morgan fingerprint density at radius 3 is 1.43 bits per heavy atom. The number of benzene rings is 9. The van der Waals surface area contributed by atoms with Gasteiger partial charge in [0.1, 0.15) is 16.8 Å². The Hall–Kier alpha value is -8.54. The van der Waals surface area contributed by atoms with Crippen molar-refractivity contribution in [1.29, 1.82) is 0 Å². The molecule has 4 heterocycles. The largest absolute Gasteiger partial charge is 0.452 e. The van der Waals surface area contributed by atoms with Crippen LogP contribution in [0.25, 0.3) is 122 Å². The highest BCUT2D eigenvalue weighted by molar-refractivity contribution is 6.14. The smallest absolute Gasteiger partial charge is 0.180 e. The van der Waals surface area contributed by atoms with Crippen molar-refractivity contribution in [2.45, 2.75) is 0 Å². The van der Waals surface area contributed by atoms with E-state index < -0.39 is 0 Å². The van der Waals surface area contributed by atoms with Crippen LogP contribution >= 0.6 is 0 Å². The van der Waals surface area contributed by atoms with Crippen molar-refractivity contribution in [3.05, 3.63) is 218 Å². The van der Waals surface area contributed by atoms with Crippen molar-refractivity contribution in [2.75, 3.05) is 0 Å². The number of hydrogen-bond donors (Lipinski definition) is 0. The summed E-state index contributed by atoms with van der Waals surface area (Å²) < 4.78 is 11.6. The summed E-state index contributed by atoms with van der Waals surface area (Å²) in [6, 6.07) is 77.6. The van der Waals surface area contributed by atoms with Crippen LogP contribution < -0.4 is 0 Å². The summed E-state index contributed by atoms with van der Waals surface area (Å²) in [6.07, 6.45) is 0. The van der Waals surface area contributed by atoms with Gasteiger partial charge < -0.3 is 13.6 Å². The molecular formula is C58H36N4O. The van der Waals surface area contributed by atoms with E-state index in [1.54, 1.807) is 0 Å². The Balaban J connectivity index is 1.13. The first kappa shape index (κ1) is 35.2. The van der Waals surface area contributed by atoms with Crippen LogP contribution in [-0.4, -0.2) is 19.1 Å². The predicted molar refractivity (Wildman–Crippen MR) is 260 cm³/mol. The molecule has 0 bridgehead atoms. The summed E-state index contributed by atoms with van der Waals surface area (Å²) in [6.45, 7) is 0. The maximum Gasteiger partial charge on any atom is 0.180 e. The molecule has 13 aromatic rings. The molecule has 5 heteroatoms. The number of hydrogen-bond acceptors (Lipinski definition) is 3. The fraction of sp³-hybridized carbons (Fsp3) is 0. The van der Waals surface area contributed by atoms with Crippen molar-refractivity contribution in [3.63, 3.8) is 0 Å². The number of rotatable bonds is 6. The lowest BCUT2D eigenvalue weighted by atomic mass is 9.91. The van der Waals surface area contributed by atoms with Gasteiger partial charge in [-0.15, -0.1) is 0 Å². The Labute approximate surface area is 362 Å². The molecular weight excluding hydrogens is 769 g/mol. The third-order valence-corrected chi connectivity index (χ3v) is 12.5. The number of nitrogens with zero attached hydrogens (tertiary/aromatic N) is 4. The zero-order valence-electron chi connectivity index (χ0n) is 34.0. The quantitative estimate of drug-likeness (QED) is 0.168. The third kappa shape index (κ3) is 5.50. The molecule has 0 aliphatic carbocycles. The molecule has 13 rings (SSSR count). The molecule has 9 aromatic carbocycles. The lowest BCUT2D eigenvalue weighted by Crippen LogP contribution is -2.03. The van der Waals surface area contributed by atoms with E-state index in [1.165, 1.54) is 32.6 Å². The van der Waals surface area contributed by atoms with E-state index in [2.05, 4.69) is 191 Å². The fourth-order valence-electron chi connectivity index (χ4n) is 9.73. The average Bonchev–Trinajstić information content (AvgIpc) is 4.02. The van der Waals surface area contributed by atoms with Crippen LogP contribution in [0.15, 0.2) is 223 Å². The molecule has 0 N–H and O–H groups in total. The number of aromatic nitrogens is 4. The van der Waals surface area contributed by atoms with Gasteiger partial charge in [-0.1, -0.05) is 158 Å². The maximum atomic E-state index is 6.70. The molecule has 0 saturated heterocycles. The molecule has 0 saturated carbocycles. The van der Waals surface area contributed by atoms with E-state index in [-0.39, 0.29) is 0 Å². The van der Waals surface area contributed by atoms with Gasteiger partial charge in [0.05, 0.1) is 27.8 Å². The summed E-state index contributed by atoms with van der Waals surface area (Å²) in [4.78, 5) is 10.5. The molecule has 63 heavy (non-hydrogen) atoms. The molecule has 294 valence electrons. The van der Waals surface area contributed by atoms with Gasteiger partial charge in [0.15, 0.2) is 11.4 Å². The highest BCUT2D eigenvalue weighted by Crippen LogP contribution is 2.46. The molecule has 0 aliphatic heterocycles. The normalized spacial score (nSPS) is 11.8. The van der Waals surface area contributed by atoms with Gasteiger partial charge in [-0.3, -0.25) is 0 Å². The highest BCUT2D eigenvalue weighted by atomic mass is 16.3. The molecule has 0 unspecified atom stereocenters. The van der Waals surface area contributed by atoms with Crippen molar-refractivity contribution in [2.24, 2.45) is 0 Å². The van der Waals surface area contributed by atoms with Crippen LogP contribution in [0.3, 0.4) is 0 Å². The molecule has 0 aliphatic rings. The van der Waals surface area contributed by atoms with Gasteiger partial charge in [-0.05, 0) is 71.8 Å². The van der Waals surface area contributed by atoms with E-state index in [0.29, 0.717) is 11.4 Å². The predicted octanol–water partition coefficient (Wildman–Crippen LogP) is 15.2. The lowest BCUT2D eigenvalue weighted by Gasteiger charge is -2.21. The second-order valence-electron chi connectivity index (χ2n) is 16.1. The summed E-state index contributed by atoms with van der Waals surface area (Å²) in [5.41, 5.74) is 16.0. The molecule has 4 aromatic heterocycles. The first-order valence-corrected chi connectivity index (χ1v) is 21.3. The van der Waals surface area contributed by atoms with Crippen LogP contribution in [0.2, 0.25) is 0 Å². The van der Waals surface area contributed by atoms with E-state index in [4.69, 9.17) is 14.4 Å². The molecule has 5 nitrogen and oxygen atoms in total. The second kappa shape index (κ2) is 14.0. The molecule has 0 spiro atoms. The van der Waals surface area contributed by atoms with E-state index >= 15 is 0 Å². The van der Waals surface area contributed by atoms with Crippen LogP contribution in [0, 0.1) is 0 Å². The second-order valence-corrected chi connectivity index (χ2v) is 16.1. The Bertz CT molecular complexity index is 3790. The van der Waals surface area contributed by atoms with Crippen molar-refractivity contribution >= 4 is 65.7 Å². The van der Waals surface area contributed by atoms with Crippen molar-refractivity contribution < 1.29 is 4.42 Å². The van der Waals surface area contributed by atoms with Crippen LogP contribution in [-0.2, 0) is 0 Å². The number of furan rings is 1. The lowest BCUT2D eigenvalue weighted by molar-refractivity contribution is 0.667. The first-order valence-electron chi connectivity index (χ1n) is 21.3. The van der Waals surface area contributed by atoms with Crippen LogP contribution in [0.4, 0.5) is 0 Å². The minimum Gasteiger partial charge on any atom is -0.452 e. The zero-order chi connectivity index (χ0) is 41.4. The fourth-order valence-corrected chi connectivity index (χ4v) is 9.73. The average molecular weight is 805 g/mol. The zero-order valence-corrected chi connectivity index (χ0v) is 34.0. The number of fused-ring (bicyclic) bond motifs is 9. The summed E-state index contributed by atoms with van der Waals surface area (Å²) in [7, 11) is 0. The maximum absolute atomic E-state index is 6.70. The SMILES string of the molecule is c1ccc(-c2nc(-c3cc(-c4ccccc4)c(-n4c5ccccc5c5cc(-n6c7ccccc7c7ccccc76)ccc54)c(-c4ccccc4)c3)c3oc4ccccc4c3n2)cc1. The van der Waals surface area contributed by atoms with E-state index in [0.717, 1.165) is 78.0 Å².